The van der Waals surface area contributed by atoms with Gasteiger partial charge in [-0.25, -0.2) is 0 Å². The Bertz CT molecular complexity index is 808. The first-order valence-corrected chi connectivity index (χ1v) is 14.5. The van der Waals surface area contributed by atoms with Crippen molar-refractivity contribution in [2.24, 2.45) is 41.1 Å². The Kier molecular flexibility index (Phi) is 8.17. The monoisotopic (exact) mass is 501 g/mol. The van der Waals surface area contributed by atoms with Crippen molar-refractivity contribution in [1.29, 1.82) is 5.41 Å². The first-order valence-electron chi connectivity index (χ1n) is 14.5. The topological polar surface area (TPSA) is 149 Å². The average Bonchev–Trinajstić information content (AvgIpc) is 3.53. The Balaban J connectivity index is 1.24. The number of likely N-dealkylation sites (tertiary alicyclic amines) is 1. The van der Waals surface area contributed by atoms with Gasteiger partial charge >= 0.3 is 0 Å². The summed E-state index contributed by atoms with van der Waals surface area (Å²) >= 11 is 0. The van der Waals surface area contributed by atoms with E-state index in [9.17, 15) is 9.59 Å². The molecule has 3 aliphatic carbocycles. The highest BCUT2D eigenvalue weighted by Crippen LogP contribution is 2.43. The van der Waals surface area contributed by atoms with E-state index in [1.54, 1.807) is 0 Å². The fourth-order valence-electron chi connectivity index (χ4n) is 8.09. The van der Waals surface area contributed by atoms with Crippen molar-refractivity contribution < 1.29 is 9.59 Å². The molecular weight excluding hydrogens is 454 g/mol. The minimum atomic E-state index is -0.169. The second-order valence-corrected chi connectivity index (χ2v) is 12.4. The summed E-state index contributed by atoms with van der Waals surface area (Å²) in [6.07, 6.45) is 12.4. The number of carbonyl (C=O) groups is 2. The third-order valence-electron chi connectivity index (χ3n) is 10.2. The molecule has 0 aromatic carbocycles. The van der Waals surface area contributed by atoms with E-state index in [0.29, 0.717) is 35.8 Å². The molecule has 9 heteroatoms. The van der Waals surface area contributed by atoms with Crippen molar-refractivity contribution in [2.75, 3.05) is 19.6 Å². The van der Waals surface area contributed by atoms with E-state index in [-0.39, 0.29) is 35.7 Å². The van der Waals surface area contributed by atoms with Gasteiger partial charge in [-0.2, -0.15) is 0 Å². The molecule has 2 heterocycles. The number of amides is 2. The normalized spacial score (nSPS) is 40.0. The maximum Gasteiger partial charge on any atom is 0.237 e. The number of nitrogens with zero attached hydrogens (tertiary/aromatic N) is 1. The summed E-state index contributed by atoms with van der Waals surface area (Å²) < 4.78 is 0. The molecule has 9 nitrogen and oxygen atoms in total. The minimum absolute atomic E-state index is 0.00606. The van der Waals surface area contributed by atoms with Gasteiger partial charge < -0.3 is 27.4 Å². The van der Waals surface area contributed by atoms with Gasteiger partial charge in [0.05, 0.1) is 18.0 Å². The number of primary amides is 1. The summed E-state index contributed by atoms with van der Waals surface area (Å²) in [5, 5.41) is 18.7. The highest BCUT2D eigenvalue weighted by Gasteiger charge is 2.48. The van der Waals surface area contributed by atoms with E-state index in [1.165, 1.54) is 12.8 Å². The zero-order valence-electron chi connectivity index (χ0n) is 21.7. The Labute approximate surface area is 215 Å². The number of nitrogens with one attached hydrogen (secondary N) is 4. The number of hydrogen-bond acceptors (Lipinski definition) is 6. The maximum absolute atomic E-state index is 13.8. The highest BCUT2D eigenvalue weighted by molar-refractivity contribution is 5.83. The predicted molar refractivity (Wildman–Crippen MR) is 140 cm³/mol. The summed E-state index contributed by atoms with van der Waals surface area (Å²) in [6.45, 7) is 2.96. The molecule has 2 saturated heterocycles. The fourth-order valence-corrected chi connectivity index (χ4v) is 8.09. The molecule has 8 N–H and O–H groups in total. The van der Waals surface area contributed by atoms with Crippen LogP contribution < -0.4 is 27.4 Å². The Morgan fingerprint density at radius 3 is 2.28 bits per heavy atom. The number of carbonyl (C=O) groups excluding carboxylic acids is 2. The lowest BCUT2D eigenvalue weighted by Crippen LogP contribution is -2.53. The Morgan fingerprint density at radius 1 is 0.861 bits per heavy atom. The van der Waals surface area contributed by atoms with Gasteiger partial charge in [0.15, 0.2) is 0 Å². The molecular formula is C27H47N7O2. The molecule has 2 aliphatic heterocycles. The van der Waals surface area contributed by atoms with Gasteiger partial charge in [0.25, 0.3) is 0 Å². The highest BCUT2D eigenvalue weighted by atomic mass is 16.2. The van der Waals surface area contributed by atoms with Crippen LogP contribution in [-0.2, 0) is 9.59 Å². The summed E-state index contributed by atoms with van der Waals surface area (Å²) in [5.41, 5.74) is 11.5. The van der Waals surface area contributed by atoms with Gasteiger partial charge in [-0.05, 0) is 88.4 Å². The quantitative estimate of drug-likeness (QED) is 0.228. The van der Waals surface area contributed by atoms with E-state index in [1.807, 2.05) is 0 Å². The molecule has 0 bridgehead atoms. The molecule has 36 heavy (non-hydrogen) atoms. The fraction of sp³-hybridized carbons (Fsp3) is 0.889. The van der Waals surface area contributed by atoms with Crippen LogP contribution in [0.2, 0.25) is 0 Å². The van der Waals surface area contributed by atoms with Gasteiger partial charge in [0.2, 0.25) is 11.8 Å². The molecule has 5 rings (SSSR count). The van der Waals surface area contributed by atoms with Crippen LogP contribution in [0.1, 0.15) is 77.0 Å². The summed E-state index contributed by atoms with van der Waals surface area (Å²) in [5.74, 6) is 2.04. The van der Waals surface area contributed by atoms with E-state index < -0.39 is 0 Å². The van der Waals surface area contributed by atoms with Crippen LogP contribution in [0, 0.1) is 35.0 Å². The lowest BCUT2D eigenvalue weighted by molar-refractivity contribution is -0.127. The van der Waals surface area contributed by atoms with E-state index in [0.717, 1.165) is 83.8 Å². The number of hydrogen-bond donors (Lipinski definition) is 6. The van der Waals surface area contributed by atoms with Crippen LogP contribution in [0.5, 0.6) is 0 Å². The number of nitrogens with two attached hydrogens (primary N) is 2. The van der Waals surface area contributed by atoms with Crippen molar-refractivity contribution >= 4 is 17.6 Å². The van der Waals surface area contributed by atoms with E-state index in [4.69, 9.17) is 16.9 Å². The maximum atomic E-state index is 13.8. The minimum Gasteiger partial charge on any atom is -0.387 e. The molecule has 0 aromatic rings. The van der Waals surface area contributed by atoms with Crippen LogP contribution >= 0.6 is 0 Å². The third-order valence-corrected chi connectivity index (χ3v) is 10.2. The van der Waals surface area contributed by atoms with Gasteiger partial charge in [-0.15, -0.1) is 0 Å². The summed E-state index contributed by atoms with van der Waals surface area (Å²) in [4.78, 5) is 27.9. The number of fused-ring (bicyclic) bond motifs is 1. The molecule has 5 fully saturated rings. The molecule has 0 aromatic heterocycles. The average molecular weight is 502 g/mol. The molecule has 2 amide bonds. The number of amidine groups is 1. The summed E-state index contributed by atoms with van der Waals surface area (Å²) in [6, 6.07) is 0.479. The zero-order valence-corrected chi connectivity index (χ0v) is 21.7. The number of rotatable bonds is 7. The van der Waals surface area contributed by atoms with Crippen molar-refractivity contribution in [2.45, 2.75) is 101 Å². The largest absolute Gasteiger partial charge is 0.387 e. The molecule has 6 unspecified atom stereocenters. The Morgan fingerprint density at radius 2 is 1.58 bits per heavy atom. The first kappa shape index (κ1) is 25.9. The molecule has 0 spiro atoms. The van der Waals surface area contributed by atoms with Crippen molar-refractivity contribution in [3.05, 3.63) is 0 Å². The second kappa shape index (κ2) is 11.4. The zero-order chi connectivity index (χ0) is 25.2. The van der Waals surface area contributed by atoms with Gasteiger partial charge in [0.1, 0.15) is 0 Å². The SMILES string of the molecule is N=C(N)C1CCC2CC(C(=O)NC3CCCC(C4NCCN4)C3)N(CC3CCC(C(N)=O)CC3)C2C1. The van der Waals surface area contributed by atoms with Crippen molar-refractivity contribution in [3.8, 4) is 0 Å². The van der Waals surface area contributed by atoms with Gasteiger partial charge in [-0.3, -0.25) is 19.9 Å². The molecule has 5 aliphatic rings. The van der Waals surface area contributed by atoms with Crippen LogP contribution in [0.3, 0.4) is 0 Å². The molecule has 202 valence electrons. The van der Waals surface area contributed by atoms with Crippen molar-refractivity contribution in [3.63, 3.8) is 0 Å². The molecule has 0 radical (unpaired) electrons. The first-order chi connectivity index (χ1) is 17.4. The van der Waals surface area contributed by atoms with E-state index >= 15 is 0 Å². The van der Waals surface area contributed by atoms with Crippen molar-refractivity contribution in [1.82, 2.24) is 20.9 Å². The standard InChI is InChI=1S/C27H47N7O2/c28-24(29)19-9-8-18-13-23(27(36)33-21-3-1-2-20(12-21)26-31-10-11-32-26)34(22(18)14-19)15-16-4-6-17(7-5-16)25(30)35/h16-23,26,31-32H,1-15H2,(H3,28,29)(H2,30,35)(H,33,36). The van der Waals surface area contributed by atoms with Crippen LogP contribution in [-0.4, -0.2) is 66.5 Å². The van der Waals surface area contributed by atoms with Crippen LogP contribution in [0.25, 0.3) is 0 Å². The lowest BCUT2D eigenvalue weighted by atomic mass is 9.77. The predicted octanol–water partition coefficient (Wildman–Crippen LogP) is 1.27. The summed E-state index contributed by atoms with van der Waals surface area (Å²) in [7, 11) is 0. The third kappa shape index (κ3) is 5.73. The smallest absolute Gasteiger partial charge is 0.237 e. The van der Waals surface area contributed by atoms with E-state index in [2.05, 4.69) is 20.9 Å². The Hall–Kier alpha value is -1.71. The van der Waals surface area contributed by atoms with Gasteiger partial charge in [0, 0.05) is 43.6 Å². The van der Waals surface area contributed by atoms with Crippen LogP contribution in [0.15, 0.2) is 0 Å². The lowest BCUT2D eigenvalue weighted by Gasteiger charge is -2.40. The molecule has 3 saturated carbocycles. The molecule has 6 atom stereocenters. The van der Waals surface area contributed by atoms with Gasteiger partial charge in [-0.1, -0.05) is 6.42 Å². The second-order valence-electron chi connectivity index (χ2n) is 12.4. The van der Waals surface area contributed by atoms with Crippen LogP contribution in [0.4, 0.5) is 0 Å².